The number of ether oxygens (including phenoxy) is 1. The van der Waals surface area contributed by atoms with E-state index in [-0.39, 0.29) is 17.9 Å². The second kappa shape index (κ2) is 8.46. The Kier molecular flexibility index (Phi) is 6.22. The van der Waals surface area contributed by atoms with Crippen LogP contribution >= 0.6 is 0 Å². The number of piperidine rings is 1. The Hall–Kier alpha value is -2.16. The highest BCUT2D eigenvalue weighted by Gasteiger charge is 2.34. The number of H-pyrrole nitrogens is 1. The van der Waals surface area contributed by atoms with Crippen LogP contribution in [0.25, 0.3) is 0 Å². The number of hydrogen-bond donors (Lipinski definition) is 1. The lowest BCUT2D eigenvalue weighted by molar-refractivity contribution is -0.139. The van der Waals surface area contributed by atoms with E-state index >= 15 is 0 Å². The lowest BCUT2D eigenvalue weighted by Gasteiger charge is -2.39. The van der Waals surface area contributed by atoms with Crippen LogP contribution in [0.2, 0.25) is 0 Å². The Morgan fingerprint density at radius 3 is 2.46 bits per heavy atom. The van der Waals surface area contributed by atoms with Crippen LogP contribution in [0.5, 0.6) is 0 Å². The zero-order chi connectivity index (χ0) is 20.3. The maximum absolute atomic E-state index is 13.0. The number of nitrogens with one attached hydrogen (secondary N) is 1. The minimum Gasteiger partial charge on any atom is -0.444 e. The maximum Gasteiger partial charge on any atom is 0.410 e. The monoisotopic (exact) mass is 392 g/mol. The van der Waals surface area contributed by atoms with Gasteiger partial charge in [0, 0.05) is 39.3 Å². The molecule has 2 amide bonds. The molecule has 1 aromatic heterocycles. The molecular weight excluding hydrogens is 360 g/mol. The second-order valence-corrected chi connectivity index (χ2v) is 8.70. The molecule has 0 aromatic carbocycles. The van der Waals surface area contributed by atoms with E-state index in [4.69, 9.17) is 4.74 Å². The highest BCUT2D eigenvalue weighted by molar-refractivity contribution is 5.80. The average Bonchev–Trinajstić information content (AvgIpc) is 3.05. The van der Waals surface area contributed by atoms with Crippen LogP contribution in [-0.4, -0.2) is 86.8 Å². The first kappa shape index (κ1) is 20.6. The average molecular weight is 393 g/mol. The molecule has 0 bridgehead atoms. The molecule has 28 heavy (non-hydrogen) atoms. The molecule has 9 heteroatoms. The second-order valence-electron chi connectivity index (χ2n) is 8.70. The summed E-state index contributed by atoms with van der Waals surface area (Å²) in [7, 11) is 0. The van der Waals surface area contributed by atoms with Gasteiger partial charge in [-0.25, -0.2) is 9.78 Å². The molecule has 0 aliphatic carbocycles. The van der Waals surface area contributed by atoms with Crippen LogP contribution in [-0.2, 0) is 16.1 Å². The topological polar surface area (TPSA) is 94.7 Å². The molecule has 3 rings (SSSR count). The minimum absolute atomic E-state index is 0.136. The Labute approximate surface area is 166 Å². The van der Waals surface area contributed by atoms with Gasteiger partial charge < -0.3 is 14.5 Å². The third-order valence-corrected chi connectivity index (χ3v) is 5.11. The van der Waals surface area contributed by atoms with Crippen molar-refractivity contribution in [1.29, 1.82) is 0 Å². The molecule has 2 saturated heterocycles. The molecule has 1 unspecified atom stereocenters. The van der Waals surface area contributed by atoms with Crippen LogP contribution in [0, 0.1) is 12.8 Å². The fourth-order valence-electron chi connectivity index (χ4n) is 3.72. The van der Waals surface area contributed by atoms with E-state index in [0.717, 1.165) is 37.6 Å². The van der Waals surface area contributed by atoms with E-state index in [9.17, 15) is 9.59 Å². The number of nitrogens with zero attached hydrogens (tertiary/aromatic N) is 5. The predicted octanol–water partition coefficient (Wildman–Crippen LogP) is 1.40. The minimum atomic E-state index is -0.522. The summed E-state index contributed by atoms with van der Waals surface area (Å²) in [6.45, 7) is 12.3. The van der Waals surface area contributed by atoms with Crippen LogP contribution in [0.1, 0.15) is 45.3 Å². The summed E-state index contributed by atoms with van der Waals surface area (Å²) in [6.07, 6.45) is 1.34. The fourth-order valence-corrected chi connectivity index (χ4v) is 3.72. The zero-order valence-corrected chi connectivity index (χ0v) is 17.4. The summed E-state index contributed by atoms with van der Waals surface area (Å²) in [5.74, 6) is 1.62. The van der Waals surface area contributed by atoms with Gasteiger partial charge >= 0.3 is 6.09 Å². The SMILES string of the molecule is Cc1nc(CN2CCN(C(=O)C3CCCN(C(=O)OC(C)(C)C)C3)CC2)n[nH]1. The quantitative estimate of drug-likeness (QED) is 0.836. The van der Waals surface area contributed by atoms with E-state index in [2.05, 4.69) is 20.1 Å². The van der Waals surface area contributed by atoms with E-state index in [1.165, 1.54) is 0 Å². The molecule has 3 heterocycles. The van der Waals surface area contributed by atoms with Gasteiger partial charge in [0.25, 0.3) is 0 Å². The van der Waals surface area contributed by atoms with Gasteiger partial charge in [-0.1, -0.05) is 0 Å². The van der Waals surface area contributed by atoms with Crippen molar-refractivity contribution in [2.75, 3.05) is 39.3 Å². The number of hydrogen-bond acceptors (Lipinski definition) is 6. The number of carbonyl (C=O) groups is 2. The number of piperazine rings is 1. The van der Waals surface area contributed by atoms with Gasteiger partial charge in [0.2, 0.25) is 5.91 Å². The number of aromatic amines is 1. The van der Waals surface area contributed by atoms with Crippen LogP contribution < -0.4 is 0 Å². The molecule has 1 aromatic rings. The van der Waals surface area contributed by atoms with Crippen molar-refractivity contribution in [1.82, 2.24) is 29.9 Å². The molecular formula is C19H32N6O3. The number of carbonyl (C=O) groups excluding carboxylic acids is 2. The number of rotatable bonds is 3. The summed E-state index contributed by atoms with van der Waals surface area (Å²) in [4.78, 5) is 35.5. The van der Waals surface area contributed by atoms with Crippen molar-refractivity contribution in [2.45, 2.75) is 52.7 Å². The van der Waals surface area contributed by atoms with Gasteiger partial charge in [0.05, 0.1) is 12.5 Å². The standard InChI is InChI=1S/C19H32N6O3/c1-14-20-16(22-21-14)13-23-8-10-24(11-9-23)17(26)15-6-5-7-25(12-15)18(27)28-19(2,3)4/h15H,5-13H2,1-4H3,(H,20,21,22). The molecule has 1 N–H and O–H groups in total. The van der Waals surface area contributed by atoms with Gasteiger partial charge in [-0.05, 0) is 40.5 Å². The fraction of sp³-hybridized carbons (Fsp3) is 0.789. The molecule has 2 aliphatic heterocycles. The maximum atomic E-state index is 13.0. The van der Waals surface area contributed by atoms with Crippen molar-refractivity contribution in [3.63, 3.8) is 0 Å². The van der Waals surface area contributed by atoms with Crippen LogP contribution in [0.3, 0.4) is 0 Å². The molecule has 0 radical (unpaired) electrons. The van der Waals surface area contributed by atoms with Crippen molar-refractivity contribution >= 4 is 12.0 Å². The van der Waals surface area contributed by atoms with Gasteiger partial charge in [-0.15, -0.1) is 0 Å². The number of likely N-dealkylation sites (tertiary alicyclic amines) is 1. The van der Waals surface area contributed by atoms with E-state index in [0.29, 0.717) is 32.7 Å². The predicted molar refractivity (Wildman–Crippen MR) is 104 cm³/mol. The lowest BCUT2D eigenvalue weighted by Crippen LogP contribution is -2.53. The molecule has 156 valence electrons. The lowest BCUT2D eigenvalue weighted by atomic mass is 9.96. The Balaban J connectivity index is 1.48. The summed E-state index contributed by atoms with van der Waals surface area (Å²) in [6, 6.07) is 0. The van der Waals surface area contributed by atoms with Crippen molar-refractivity contribution in [3.8, 4) is 0 Å². The van der Waals surface area contributed by atoms with E-state index in [1.807, 2.05) is 32.6 Å². The van der Waals surface area contributed by atoms with Crippen LogP contribution in [0.4, 0.5) is 4.79 Å². The molecule has 0 saturated carbocycles. The highest BCUT2D eigenvalue weighted by Crippen LogP contribution is 2.22. The Morgan fingerprint density at radius 2 is 1.86 bits per heavy atom. The summed E-state index contributed by atoms with van der Waals surface area (Å²) < 4.78 is 5.46. The number of aryl methyl sites for hydroxylation is 1. The molecule has 2 aliphatic rings. The number of aromatic nitrogens is 3. The normalized spacial score (nSPS) is 21.6. The van der Waals surface area contributed by atoms with Gasteiger partial charge in [-0.2, -0.15) is 5.10 Å². The molecule has 9 nitrogen and oxygen atoms in total. The molecule has 2 fully saturated rings. The highest BCUT2D eigenvalue weighted by atomic mass is 16.6. The summed E-state index contributed by atoms with van der Waals surface area (Å²) >= 11 is 0. The van der Waals surface area contributed by atoms with Crippen molar-refractivity contribution in [2.24, 2.45) is 5.92 Å². The van der Waals surface area contributed by atoms with Gasteiger partial charge in [0.15, 0.2) is 5.82 Å². The smallest absolute Gasteiger partial charge is 0.410 e. The van der Waals surface area contributed by atoms with Gasteiger partial charge in [0.1, 0.15) is 11.4 Å². The Morgan fingerprint density at radius 1 is 1.14 bits per heavy atom. The number of amides is 2. The molecule has 1 atom stereocenters. The van der Waals surface area contributed by atoms with Gasteiger partial charge in [-0.3, -0.25) is 14.8 Å². The summed E-state index contributed by atoms with van der Waals surface area (Å²) in [5, 5.41) is 7.04. The third kappa shape index (κ3) is 5.43. The third-order valence-electron chi connectivity index (χ3n) is 5.11. The van der Waals surface area contributed by atoms with E-state index < -0.39 is 5.60 Å². The molecule has 0 spiro atoms. The Bertz CT molecular complexity index is 690. The van der Waals surface area contributed by atoms with Crippen molar-refractivity contribution in [3.05, 3.63) is 11.6 Å². The zero-order valence-electron chi connectivity index (χ0n) is 17.4. The first-order chi connectivity index (χ1) is 13.2. The first-order valence-electron chi connectivity index (χ1n) is 10.1. The summed E-state index contributed by atoms with van der Waals surface area (Å²) in [5.41, 5.74) is -0.522. The largest absolute Gasteiger partial charge is 0.444 e. The van der Waals surface area contributed by atoms with Crippen molar-refractivity contribution < 1.29 is 14.3 Å². The first-order valence-corrected chi connectivity index (χ1v) is 10.1. The van der Waals surface area contributed by atoms with E-state index in [1.54, 1.807) is 4.90 Å². The van der Waals surface area contributed by atoms with Crippen LogP contribution in [0.15, 0.2) is 0 Å².